The Morgan fingerprint density at radius 3 is 2.56 bits per heavy atom. The monoisotopic (exact) mass is 338 g/mol. The zero-order chi connectivity index (χ0) is 17.6. The Balaban J connectivity index is 1.43. The van der Waals surface area contributed by atoms with Gasteiger partial charge in [0.05, 0.1) is 11.8 Å². The Labute approximate surface area is 145 Å². The highest BCUT2D eigenvalue weighted by Gasteiger charge is 2.51. The molecule has 4 nitrogen and oxygen atoms in total. The van der Waals surface area contributed by atoms with Gasteiger partial charge in [-0.25, -0.2) is 4.39 Å². The lowest BCUT2D eigenvalue weighted by atomic mass is 10.1. The Morgan fingerprint density at radius 1 is 1.08 bits per heavy atom. The lowest BCUT2D eigenvalue weighted by molar-refractivity contribution is -0.123. The quantitative estimate of drug-likeness (QED) is 0.933. The molecule has 2 aromatic rings. The van der Waals surface area contributed by atoms with Crippen molar-refractivity contribution in [2.75, 3.05) is 10.2 Å². The van der Waals surface area contributed by atoms with Crippen molar-refractivity contribution in [2.45, 2.75) is 25.8 Å². The highest BCUT2D eigenvalue weighted by Crippen LogP contribution is 2.44. The summed E-state index contributed by atoms with van der Waals surface area (Å²) in [6, 6.07) is 13.7. The molecule has 1 heterocycles. The summed E-state index contributed by atoms with van der Waals surface area (Å²) in [6.07, 6.45) is 1.42. The zero-order valence-electron chi connectivity index (χ0n) is 13.9. The van der Waals surface area contributed by atoms with Gasteiger partial charge in [0.15, 0.2) is 0 Å². The molecule has 1 saturated carbocycles. The highest BCUT2D eigenvalue weighted by molar-refractivity contribution is 6.05. The van der Waals surface area contributed by atoms with Crippen LogP contribution >= 0.6 is 0 Å². The van der Waals surface area contributed by atoms with Crippen molar-refractivity contribution in [3.8, 4) is 0 Å². The van der Waals surface area contributed by atoms with E-state index in [0.717, 1.165) is 12.1 Å². The molecular weight excluding hydrogens is 319 g/mol. The maximum atomic E-state index is 12.9. The molecule has 0 bridgehead atoms. The second-order valence-corrected chi connectivity index (χ2v) is 6.83. The lowest BCUT2D eigenvalue weighted by Crippen LogP contribution is -2.37. The minimum Gasteiger partial charge on any atom is -0.326 e. The van der Waals surface area contributed by atoms with E-state index in [1.165, 1.54) is 29.8 Å². The molecule has 2 aliphatic rings. The third-order valence-electron chi connectivity index (χ3n) is 5.00. The number of carbonyl (C=O) groups is 2. The largest absolute Gasteiger partial charge is 0.326 e. The van der Waals surface area contributed by atoms with Gasteiger partial charge >= 0.3 is 0 Å². The van der Waals surface area contributed by atoms with Crippen LogP contribution in [0.5, 0.6) is 0 Å². The first-order valence-electron chi connectivity index (χ1n) is 8.52. The van der Waals surface area contributed by atoms with Crippen LogP contribution in [0, 0.1) is 17.7 Å². The predicted molar refractivity (Wildman–Crippen MR) is 93.7 cm³/mol. The molecule has 0 radical (unpaired) electrons. The normalized spacial score (nSPS) is 23.9. The number of hydrogen-bond donors (Lipinski definition) is 1. The molecule has 4 rings (SSSR count). The molecule has 3 unspecified atom stereocenters. The average molecular weight is 338 g/mol. The van der Waals surface area contributed by atoms with Crippen LogP contribution in [0.4, 0.5) is 15.8 Å². The molecule has 5 heteroatoms. The summed E-state index contributed by atoms with van der Waals surface area (Å²) in [6.45, 7) is 2.04. The highest BCUT2D eigenvalue weighted by atomic mass is 19.1. The molecule has 0 spiro atoms. The van der Waals surface area contributed by atoms with Crippen LogP contribution < -0.4 is 10.2 Å². The fourth-order valence-corrected chi connectivity index (χ4v) is 3.61. The second-order valence-electron chi connectivity index (χ2n) is 6.83. The van der Waals surface area contributed by atoms with E-state index in [9.17, 15) is 14.0 Å². The number of nitrogens with zero attached hydrogens (tertiary/aromatic N) is 1. The van der Waals surface area contributed by atoms with E-state index >= 15 is 0 Å². The van der Waals surface area contributed by atoms with Gasteiger partial charge in [-0.05, 0) is 55.7 Å². The fraction of sp³-hybridized carbons (Fsp3) is 0.300. The number of amides is 2. The SMILES string of the molecule is CC1Cc2ccccc2N1C(=O)C1CC1C(=O)Nc1ccc(F)cc1. The third-order valence-corrected chi connectivity index (χ3v) is 5.00. The van der Waals surface area contributed by atoms with E-state index in [0.29, 0.717) is 12.1 Å². The summed E-state index contributed by atoms with van der Waals surface area (Å²) in [4.78, 5) is 27.1. The summed E-state index contributed by atoms with van der Waals surface area (Å²) in [5.41, 5.74) is 2.69. The van der Waals surface area contributed by atoms with Crippen LogP contribution in [0.25, 0.3) is 0 Å². The molecular formula is C20H19FN2O2. The molecule has 1 N–H and O–H groups in total. The molecule has 25 heavy (non-hydrogen) atoms. The predicted octanol–water partition coefficient (Wildman–Crippen LogP) is 3.38. The van der Waals surface area contributed by atoms with Gasteiger partial charge in [0.1, 0.15) is 5.82 Å². The molecule has 1 fully saturated rings. The van der Waals surface area contributed by atoms with Crippen molar-refractivity contribution in [3.05, 3.63) is 59.9 Å². The maximum Gasteiger partial charge on any atom is 0.231 e. The van der Waals surface area contributed by atoms with E-state index in [1.54, 1.807) is 0 Å². The topological polar surface area (TPSA) is 49.4 Å². The number of benzene rings is 2. The number of fused-ring (bicyclic) bond motifs is 1. The Kier molecular flexibility index (Phi) is 3.79. The Hall–Kier alpha value is -2.69. The van der Waals surface area contributed by atoms with Crippen LogP contribution in [-0.4, -0.2) is 17.9 Å². The summed E-state index contributed by atoms with van der Waals surface area (Å²) in [5.74, 6) is -1.08. The van der Waals surface area contributed by atoms with E-state index in [2.05, 4.69) is 5.32 Å². The van der Waals surface area contributed by atoms with Gasteiger partial charge in [-0.15, -0.1) is 0 Å². The van der Waals surface area contributed by atoms with E-state index in [1.807, 2.05) is 36.1 Å². The van der Waals surface area contributed by atoms with Crippen LogP contribution in [-0.2, 0) is 16.0 Å². The van der Waals surface area contributed by atoms with Crippen molar-refractivity contribution in [1.29, 1.82) is 0 Å². The first-order valence-corrected chi connectivity index (χ1v) is 8.52. The van der Waals surface area contributed by atoms with Crippen molar-refractivity contribution < 1.29 is 14.0 Å². The van der Waals surface area contributed by atoms with E-state index in [-0.39, 0.29) is 35.5 Å². The van der Waals surface area contributed by atoms with Crippen LogP contribution in [0.2, 0.25) is 0 Å². The van der Waals surface area contributed by atoms with Crippen molar-refractivity contribution in [3.63, 3.8) is 0 Å². The fourth-order valence-electron chi connectivity index (χ4n) is 3.61. The van der Waals surface area contributed by atoms with E-state index in [4.69, 9.17) is 0 Å². The maximum absolute atomic E-state index is 12.9. The van der Waals surface area contributed by atoms with Crippen LogP contribution in [0.3, 0.4) is 0 Å². The Bertz CT molecular complexity index is 834. The summed E-state index contributed by atoms with van der Waals surface area (Å²) >= 11 is 0. The summed E-state index contributed by atoms with van der Waals surface area (Å²) in [7, 11) is 0. The minimum atomic E-state index is -0.348. The molecule has 128 valence electrons. The van der Waals surface area contributed by atoms with E-state index < -0.39 is 0 Å². The van der Waals surface area contributed by atoms with Crippen LogP contribution in [0.15, 0.2) is 48.5 Å². The van der Waals surface area contributed by atoms with Crippen LogP contribution in [0.1, 0.15) is 18.9 Å². The van der Waals surface area contributed by atoms with Gasteiger partial charge in [-0.2, -0.15) is 0 Å². The molecule has 3 atom stereocenters. The number of anilines is 2. The molecule has 2 amide bonds. The zero-order valence-corrected chi connectivity index (χ0v) is 13.9. The van der Waals surface area contributed by atoms with Crippen molar-refractivity contribution in [2.24, 2.45) is 11.8 Å². The number of rotatable bonds is 3. The van der Waals surface area contributed by atoms with Gasteiger partial charge in [-0.3, -0.25) is 9.59 Å². The second kappa shape index (κ2) is 5.99. The molecule has 1 aliphatic carbocycles. The number of carbonyl (C=O) groups excluding carboxylic acids is 2. The number of para-hydroxylation sites is 1. The number of halogens is 1. The Morgan fingerprint density at radius 2 is 1.80 bits per heavy atom. The third kappa shape index (κ3) is 2.90. The standard InChI is InChI=1S/C20H19FN2O2/c1-12-10-13-4-2-3-5-18(13)23(12)20(25)17-11-16(17)19(24)22-15-8-6-14(21)7-9-15/h2-9,12,16-17H,10-11H2,1H3,(H,22,24). The first-order chi connectivity index (χ1) is 12.0. The first kappa shape index (κ1) is 15.8. The van der Waals surface area contributed by atoms with Gasteiger partial charge in [-0.1, -0.05) is 18.2 Å². The number of hydrogen-bond acceptors (Lipinski definition) is 2. The van der Waals surface area contributed by atoms with Gasteiger partial charge < -0.3 is 10.2 Å². The molecule has 1 aliphatic heterocycles. The number of nitrogens with one attached hydrogen (secondary N) is 1. The van der Waals surface area contributed by atoms with Gasteiger partial charge in [0.25, 0.3) is 0 Å². The van der Waals surface area contributed by atoms with Gasteiger partial charge in [0, 0.05) is 17.4 Å². The average Bonchev–Trinajstić information content (AvgIpc) is 3.33. The summed E-state index contributed by atoms with van der Waals surface area (Å²) in [5, 5.41) is 2.76. The molecule has 2 aromatic carbocycles. The summed E-state index contributed by atoms with van der Waals surface area (Å²) < 4.78 is 12.9. The van der Waals surface area contributed by atoms with Crippen molar-refractivity contribution >= 4 is 23.2 Å². The lowest BCUT2D eigenvalue weighted by Gasteiger charge is -2.23. The smallest absolute Gasteiger partial charge is 0.231 e. The molecule has 0 saturated heterocycles. The minimum absolute atomic E-state index is 0.0247. The molecule has 0 aromatic heterocycles. The van der Waals surface area contributed by atoms with Gasteiger partial charge in [0.2, 0.25) is 11.8 Å². The van der Waals surface area contributed by atoms with Crippen molar-refractivity contribution in [1.82, 2.24) is 0 Å².